The zero-order valence-electron chi connectivity index (χ0n) is 10.4. The third kappa shape index (κ3) is 2.42. The Balaban J connectivity index is 2.76. The zero-order chi connectivity index (χ0) is 14.7. The predicted octanol–water partition coefficient (Wildman–Crippen LogP) is 2.47. The molecule has 0 amide bonds. The fourth-order valence-electron chi connectivity index (χ4n) is 1.80. The molecule has 0 unspecified atom stereocenters. The van der Waals surface area contributed by atoms with Crippen LogP contribution in [0.25, 0.3) is 11.1 Å². The average molecular weight is 272 g/mol. The van der Waals surface area contributed by atoms with Crippen molar-refractivity contribution < 1.29 is 19.0 Å². The molecule has 0 radical (unpaired) electrons. The molecule has 0 aliphatic heterocycles. The van der Waals surface area contributed by atoms with Crippen LogP contribution in [-0.4, -0.2) is 23.2 Å². The van der Waals surface area contributed by atoms with Gasteiger partial charge in [0.1, 0.15) is 23.3 Å². The quantitative estimate of drug-likeness (QED) is 0.927. The van der Waals surface area contributed by atoms with Crippen molar-refractivity contribution in [2.45, 2.75) is 0 Å². The fraction of sp³-hybridized carbons (Fsp3) is 0.0714. The number of rotatable bonds is 3. The van der Waals surface area contributed by atoms with E-state index in [1.165, 1.54) is 25.3 Å². The largest absolute Gasteiger partial charge is 0.496 e. The summed E-state index contributed by atoms with van der Waals surface area (Å²) < 4.78 is 18.5. The Labute approximate surface area is 113 Å². The van der Waals surface area contributed by atoms with Crippen molar-refractivity contribution in [3.05, 3.63) is 47.5 Å². The van der Waals surface area contributed by atoms with Gasteiger partial charge in [0.2, 0.25) is 0 Å². The second kappa shape index (κ2) is 5.36. The summed E-state index contributed by atoms with van der Waals surface area (Å²) in [5.41, 5.74) is 0.341. The number of hydrogen-bond donors (Lipinski definition) is 1. The van der Waals surface area contributed by atoms with Gasteiger partial charge in [0, 0.05) is 17.3 Å². The molecule has 1 aromatic carbocycles. The van der Waals surface area contributed by atoms with E-state index in [0.29, 0.717) is 5.75 Å². The summed E-state index contributed by atoms with van der Waals surface area (Å²) >= 11 is 0. The highest BCUT2D eigenvalue weighted by Crippen LogP contribution is 2.33. The van der Waals surface area contributed by atoms with Crippen LogP contribution in [0.2, 0.25) is 0 Å². The van der Waals surface area contributed by atoms with Crippen LogP contribution >= 0.6 is 0 Å². The van der Waals surface area contributed by atoms with Gasteiger partial charge in [-0.15, -0.1) is 0 Å². The summed E-state index contributed by atoms with van der Waals surface area (Å²) in [5, 5.41) is 18.0. The number of aromatic carboxylic acids is 1. The van der Waals surface area contributed by atoms with Crippen molar-refractivity contribution in [2.75, 3.05) is 7.11 Å². The van der Waals surface area contributed by atoms with E-state index in [0.717, 1.165) is 12.3 Å². The molecular weight excluding hydrogens is 263 g/mol. The molecule has 0 saturated heterocycles. The number of methoxy groups -OCH3 is 1. The number of hydrogen-bond acceptors (Lipinski definition) is 4. The lowest BCUT2D eigenvalue weighted by molar-refractivity contribution is 0.0697. The second-order valence-electron chi connectivity index (χ2n) is 3.88. The van der Waals surface area contributed by atoms with E-state index < -0.39 is 11.8 Å². The fourth-order valence-corrected chi connectivity index (χ4v) is 1.80. The van der Waals surface area contributed by atoms with Crippen LogP contribution in [0.15, 0.2) is 30.5 Å². The lowest BCUT2D eigenvalue weighted by Crippen LogP contribution is -2.03. The van der Waals surface area contributed by atoms with Crippen molar-refractivity contribution >= 4 is 5.97 Å². The third-order valence-electron chi connectivity index (χ3n) is 2.70. The van der Waals surface area contributed by atoms with Gasteiger partial charge in [-0.3, -0.25) is 0 Å². The molecule has 0 saturated carbocycles. The van der Waals surface area contributed by atoms with Gasteiger partial charge < -0.3 is 9.84 Å². The Morgan fingerprint density at radius 1 is 1.40 bits per heavy atom. The highest BCUT2D eigenvalue weighted by atomic mass is 19.1. The summed E-state index contributed by atoms with van der Waals surface area (Å²) in [6.45, 7) is 0. The van der Waals surface area contributed by atoms with E-state index in [2.05, 4.69) is 4.98 Å². The number of nitriles is 1. The molecule has 5 nitrogen and oxygen atoms in total. The lowest BCUT2D eigenvalue weighted by atomic mass is 9.99. The molecule has 1 aromatic heterocycles. The second-order valence-corrected chi connectivity index (χ2v) is 3.88. The maximum Gasteiger partial charge on any atom is 0.337 e. The van der Waals surface area contributed by atoms with Gasteiger partial charge >= 0.3 is 5.97 Å². The summed E-state index contributed by atoms with van der Waals surface area (Å²) in [7, 11) is 1.39. The van der Waals surface area contributed by atoms with E-state index in [4.69, 9.17) is 15.1 Å². The van der Waals surface area contributed by atoms with Crippen LogP contribution in [0, 0.1) is 17.1 Å². The highest BCUT2D eigenvalue weighted by molar-refractivity contribution is 5.96. The molecule has 1 N–H and O–H groups in total. The number of carboxylic acid groups (broad SMARTS) is 1. The van der Waals surface area contributed by atoms with Crippen LogP contribution in [0.4, 0.5) is 4.39 Å². The summed E-state index contributed by atoms with van der Waals surface area (Å²) in [5.74, 6) is -1.44. The Kier molecular flexibility index (Phi) is 3.62. The molecule has 6 heteroatoms. The van der Waals surface area contributed by atoms with E-state index in [9.17, 15) is 9.18 Å². The molecule has 0 aliphatic rings. The minimum absolute atomic E-state index is 0.0383. The van der Waals surface area contributed by atoms with E-state index in [1.807, 2.05) is 6.07 Å². The first-order chi connectivity index (χ1) is 9.56. The molecule has 0 aliphatic carbocycles. The number of pyridine rings is 1. The minimum atomic E-state index is -1.22. The summed E-state index contributed by atoms with van der Waals surface area (Å²) in [6, 6.07) is 6.86. The van der Waals surface area contributed by atoms with Crippen molar-refractivity contribution in [2.24, 2.45) is 0 Å². The predicted molar refractivity (Wildman–Crippen MR) is 67.9 cm³/mol. The van der Waals surface area contributed by atoms with Crippen molar-refractivity contribution in [3.63, 3.8) is 0 Å². The molecule has 1 heterocycles. The first-order valence-corrected chi connectivity index (χ1v) is 5.54. The van der Waals surface area contributed by atoms with Gasteiger partial charge in [0.15, 0.2) is 0 Å². The van der Waals surface area contributed by atoms with Gasteiger partial charge in [-0.25, -0.2) is 14.2 Å². The van der Waals surface area contributed by atoms with E-state index in [1.54, 1.807) is 0 Å². The highest BCUT2D eigenvalue weighted by Gasteiger charge is 2.17. The first-order valence-electron chi connectivity index (χ1n) is 5.54. The van der Waals surface area contributed by atoms with Crippen LogP contribution in [-0.2, 0) is 0 Å². The molecule has 0 spiro atoms. The summed E-state index contributed by atoms with van der Waals surface area (Å²) in [6.07, 6.45) is 1.07. The van der Waals surface area contributed by atoms with Gasteiger partial charge in [-0.1, -0.05) is 0 Å². The van der Waals surface area contributed by atoms with Crippen molar-refractivity contribution in [3.8, 4) is 22.9 Å². The molecule has 2 aromatic rings. The Morgan fingerprint density at radius 2 is 2.15 bits per heavy atom. The number of aromatic nitrogens is 1. The number of benzene rings is 1. The lowest BCUT2D eigenvalue weighted by Gasteiger charge is -2.11. The van der Waals surface area contributed by atoms with E-state index >= 15 is 0 Å². The van der Waals surface area contributed by atoms with Crippen LogP contribution < -0.4 is 4.74 Å². The topological polar surface area (TPSA) is 83.2 Å². The first kappa shape index (κ1) is 13.5. The molecule has 2 rings (SSSR count). The Morgan fingerprint density at radius 3 is 2.75 bits per heavy atom. The van der Waals surface area contributed by atoms with E-state index in [-0.39, 0.29) is 22.4 Å². The molecular formula is C14H9FN2O3. The van der Waals surface area contributed by atoms with Crippen LogP contribution in [0.5, 0.6) is 5.75 Å². The molecule has 0 bridgehead atoms. The Hall–Kier alpha value is -2.94. The maximum atomic E-state index is 13.4. The SMILES string of the molecule is COc1ccc(F)cc1-c1cc(C#N)ncc1C(=O)O. The molecule has 20 heavy (non-hydrogen) atoms. The van der Waals surface area contributed by atoms with Crippen molar-refractivity contribution in [1.29, 1.82) is 5.26 Å². The maximum absolute atomic E-state index is 13.4. The molecule has 0 atom stereocenters. The zero-order valence-corrected chi connectivity index (χ0v) is 10.4. The number of halogens is 1. The standard InChI is InChI=1S/C14H9FN2O3/c1-20-13-3-2-8(15)4-11(13)10-5-9(6-16)17-7-12(10)14(18)19/h2-5,7H,1H3,(H,18,19). The van der Waals surface area contributed by atoms with Crippen LogP contribution in [0.1, 0.15) is 16.1 Å². The third-order valence-corrected chi connectivity index (χ3v) is 2.70. The monoisotopic (exact) mass is 272 g/mol. The Bertz CT molecular complexity index is 723. The number of carboxylic acids is 1. The number of nitrogens with zero attached hydrogens (tertiary/aromatic N) is 2. The molecule has 100 valence electrons. The minimum Gasteiger partial charge on any atom is -0.496 e. The van der Waals surface area contributed by atoms with Gasteiger partial charge in [-0.2, -0.15) is 5.26 Å². The van der Waals surface area contributed by atoms with Crippen LogP contribution in [0.3, 0.4) is 0 Å². The average Bonchev–Trinajstić information content (AvgIpc) is 2.46. The smallest absolute Gasteiger partial charge is 0.337 e. The number of carbonyl (C=O) groups is 1. The molecule has 0 fully saturated rings. The van der Waals surface area contributed by atoms with Gasteiger partial charge in [-0.05, 0) is 24.3 Å². The van der Waals surface area contributed by atoms with Gasteiger partial charge in [0.05, 0.1) is 12.7 Å². The number of ether oxygens (including phenoxy) is 1. The van der Waals surface area contributed by atoms with Gasteiger partial charge in [0.25, 0.3) is 0 Å². The summed E-state index contributed by atoms with van der Waals surface area (Å²) in [4.78, 5) is 14.9. The van der Waals surface area contributed by atoms with Crippen molar-refractivity contribution in [1.82, 2.24) is 4.98 Å². The normalized spacial score (nSPS) is 9.85.